The van der Waals surface area contributed by atoms with Crippen molar-refractivity contribution in [2.24, 2.45) is 4.99 Å². The molecule has 0 saturated carbocycles. The number of methoxy groups -OCH3 is 1. The zero-order chi connectivity index (χ0) is 21.8. The van der Waals surface area contributed by atoms with Crippen LogP contribution in [0, 0.1) is 0 Å². The summed E-state index contributed by atoms with van der Waals surface area (Å²) in [6, 6.07) is 18.2. The van der Waals surface area contributed by atoms with Gasteiger partial charge in [0.25, 0.3) is 0 Å². The fraction of sp³-hybridized carbons (Fsp3) is 0.130. The molecular weight excluding hydrogens is 460 g/mol. The third-order valence-electron chi connectivity index (χ3n) is 4.75. The van der Waals surface area contributed by atoms with E-state index in [0.717, 1.165) is 10.0 Å². The topological polar surface area (TPSA) is 83.9 Å². The largest absolute Gasteiger partial charge is 0.497 e. The summed E-state index contributed by atoms with van der Waals surface area (Å²) in [5, 5.41) is 2.83. The van der Waals surface area contributed by atoms with Gasteiger partial charge in [-0.25, -0.2) is 9.98 Å². The van der Waals surface area contributed by atoms with Crippen LogP contribution >= 0.6 is 15.9 Å². The number of pyridine rings is 1. The van der Waals surface area contributed by atoms with Gasteiger partial charge in [0.1, 0.15) is 18.0 Å². The van der Waals surface area contributed by atoms with Crippen molar-refractivity contribution in [3.63, 3.8) is 0 Å². The third-order valence-corrected chi connectivity index (χ3v) is 5.44. The van der Waals surface area contributed by atoms with E-state index in [9.17, 15) is 9.59 Å². The maximum absolute atomic E-state index is 13.2. The van der Waals surface area contributed by atoms with E-state index >= 15 is 0 Å². The summed E-state index contributed by atoms with van der Waals surface area (Å²) in [4.78, 5) is 36.3. The van der Waals surface area contributed by atoms with E-state index in [-0.39, 0.29) is 24.8 Å². The van der Waals surface area contributed by atoms with Crippen molar-refractivity contribution in [3.05, 3.63) is 76.9 Å². The summed E-state index contributed by atoms with van der Waals surface area (Å²) in [5.41, 5.74) is 2.53. The van der Waals surface area contributed by atoms with Crippen molar-refractivity contribution in [3.8, 4) is 5.75 Å². The quantitative estimate of drug-likeness (QED) is 0.590. The van der Waals surface area contributed by atoms with Crippen LogP contribution in [0.4, 0.5) is 17.2 Å². The zero-order valence-corrected chi connectivity index (χ0v) is 18.3. The van der Waals surface area contributed by atoms with Crippen molar-refractivity contribution >= 4 is 50.6 Å². The molecule has 3 aromatic rings. The molecule has 1 aliphatic heterocycles. The molecule has 2 aromatic carbocycles. The number of nitrogens with zero attached hydrogens (tertiary/aromatic N) is 3. The van der Waals surface area contributed by atoms with E-state index in [1.807, 2.05) is 42.5 Å². The molecule has 0 atom stereocenters. The second-order valence-corrected chi connectivity index (χ2v) is 7.68. The Morgan fingerprint density at radius 3 is 2.81 bits per heavy atom. The van der Waals surface area contributed by atoms with E-state index < -0.39 is 0 Å². The number of halogens is 1. The van der Waals surface area contributed by atoms with Gasteiger partial charge in [0.15, 0.2) is 5.82 Å². The number of nitrogens with one attached hydrogen (secondary N) is 1. The number of hydrogen-bond acceptors (Lipinski definition) is 5. The first kappa shape index (κ1) is 20.7. The first-order valence-electron chi connectivity index (χ1n) is 9.57. The molecule has 4 rings (SSSR count). The number of rotatable bonds is 5. The summed E-state index contributed by atoms with van der Waals surface area (Å²) < 4.78 is 6.05. The van der Waals surface area contributed by atoms with Gasteiger partial charge in [-0.1, -0.05) is 24.3 Å². The molecule has 0 bridgehead atoms. The molecular formula is C23H19BrN4O3. The van der Waals surface area contributed by atoms with Gasteiger partial charge in [-0.15, -0.1) is 0 Å². The fourth-order valence-electron chi connectivity index (χ4n) is 3.25. The number of carbonyl (C=O) groups is 2. The highest BCUT2D eigenvalue weighted by Crippen LogP contribution is 2.31. The van der Waals surface area contributed by atoms with Crippen molar-refractivity contribution in [2.75, 3.05) is 23.9 Å². The van der Waals surface area contributed by atoms with E-state index in [0.29, 0.717) is 28.7 Å². The van der Waals surface area contributed by atoms with Gasteiger partial charge in [-0.2, -0.15) is 0 Å². The van der Waals surface area contributed by atoms with Crippen molar-refractivity contribution < 1.29 is 14.3 Å². The molecule has 0 spiro atoms. The molecule has 2 amide bonds. The Bertz CT molecular complexity index is 1180. The molecule has 1 N–H and O–H groups in total. The lowest BCUT2D eigenvalue weighted by Crippen LogP contribution is -2.39. The summed E-state index contributed by atoms with van der Waals surface area (Å²) in [6.45, 7) is -0.176. The van der Waals surface area contributed by atoms with E-state index in [1.54, 1.807) is 31.5 Å². The number of aromatic nitrogens is 1. The molecule has 8 heteroatoms. The average molecular weight is 479 g/mol. The minimum atomic E-state index is -0.332. The lowest BCUT2D eigenvalue weighted by molar-refractivity contribution is -0.120. The standard InChI is InChI=1S/C23H19BrN4O3/c1-31-16-7-4-6-15(12-16)20-13-22(30)28(23-19(26-20)10-5-11-25-23)14-21(29)27-18-9-3-2-8-17(18)24/h2-12H,13-14H2,1H3,(H,27,29). The second kappa shape index (κ2) is 9.09. The molecule has 1 aliphatic rings. The highest BCUT2D eigenvalue weighted by Gasteiger charge is 2.28. The van der Waals surface area contributed by atoms with E-state index in [2.05, 4.69) is 31.2 Å². The van der Waals surface area contributed by atoms with Crippen LogP contribution in [-0.4, -0.2) is 36.2 Å². The van der Waals surface area contributed by atoms with Crippen molar-refractivity contribution in [1.82, 2.24) is 4.98 Å². The van der Waals surface area contributed by atoms with E-state index in [1.165, 1.54) is 4.90 Å². The van der Waals surface area contributed by atoms with Gasteiger partial charge >= 0.3 is 0 Å². The van der Waals surface area contributed by atoms with Gasteiger partial charge in [0.2, 0.25) is 11.8 Å². The van der Waals surface area contributed by atoms with Crippen LogP contribution in [0.15, 0.2) is 76.3 Å². The fourth-order valence-corrected chi connectivity index (χ4v) is 3.64. The second-order valence-electron chi connectivity index (χ2n) is 6.82. The number of ether oxygens (including phenoxy) is 1. The summed E-state index contributed by atoms with van der Waals surface area (Å²) in [7, 11) is 1.59. The molecule has 0 saturated heterocycles. The van der Waals surface area contributed by atoms with Crippen molar-refractivity contribution in [1.29, 1.82) is 0 Å². The predicted octanol–water partition coefficient (Wildman–Crippen LogP) is 4.35. The van der Waals surface area contributed by atoms with Crippen LogP contribution in [0.1, 0.15) is 12.0 Å². The Labute approximate surface area is 187 Å². The third kappa shape index (κ3) is 4.64. The maximum atomic E-state index is 13.2. The molecule has 7 nitrogen and oxygen atoms in total. The minimum absolute atomic E-state index is 0.0336. The van der Waals surface area contributed by atoms with Crippen molar-refractivity contribution in [2.45, 2.75) is 6.42 Å². The Kier molecular flexibility index (Phi) is 6.08. The normalized spacial score (nSPS) is 13.2. The van der Waals surface area contributed by atoms with Gasteiger partial charge in [-0.05, 0) is 52.3 Å². The maximum Gasteiger partial charge on any atom is 0.244 e. The monoisotopic (exact) mass is 478 g/mol. The lowest BCUT2D eigenvalue weighted by Gasteiger charge is -2.20. The number of para-hydroxylation sites is 1. The van der Waals surface area contributed by atoms with Crippen LogP contribution in [0.5, 0.6) is 5.75 Å². The van der Waals surface area contributed by atoms with Crippen LogP contribution in [0.25, 0.3) is 0 Å². The minimum Gasteiger partial charge on any atom is -0.497 e. The molecule has 0 fully saturated rings. The van der Waals surface area contributed by atoms with Crippen LogP contribution < -0.4 is 15.0 Å². The SMILES string of the molecule is COc1cccc(C2=Nc3cccnc3N(CC(=O)Nc3ccccc3Br)C(=O)C2)c1. The van der Waals surface area contributed by atoms with Gasteiger partial charge in [0.05, 0.1) is 24.9 Å². The number of aliphatic imine (C=N–C) groups is 1. The molecule has 1 aromatic heterocycles. The summed E-state index contributed by atoms with van der Waals surface area (Å²) >= 11 is 3.41. The Hall–Kier alpha value is -3.52. The first-order chi connectivity index (χ1) is 15.0. The van der Waals surface area contributed by atoms with Gasteiger partial charge in [0, 0.05) is 16.2 Å². The van der Waals surface area contributed by atoms with Gasteiger partial charge < -0.3 is 10.1 Å². The summed E-state index contributed by atoms with van der Waals surface area (Å²) in [5.74, 6) is 0.434. The van der Waals surface area contributed by atoms with E-state index in [4.69, 9.17) is 4.74 Å². The molecule has 0 aliphatic carbocycles. The molecule has 156 valence electrons. The molecule has 0 unspecified atom stereocenters. The number of hydrogen-bond donors (Lipinski definition) is 1. The number of carbonyl (C=O) groups excluding carboxylic acids is 2. The smallest absolute Gasteiger partial charge is 0.244 e. The Balaban J connectivity index is 1.63. The average Bonchev–Trinajstić information content (AvgIpc) is 2.92. The number of fused-ring (bicyclic) bond motifs is 1. The number of anilines is 2. The summed E-state index contributed by atoms with van der Waals surface area (Å²) in [6.07, 6.45) is 1.61. The number of amides is 2. The predicted molar refractivity (Wildman–Crippen MR) is 123 cm³/mol. The van der Waals surface area contributed by atoms with Crippen LogP contribution in [-0.2, 0) is 9.59 Å². The zero-order valence-electron chi connectivity index (χ0n) is 16.7. The Morgan fingerprint density at radius 2 is 2.00 bits per heavy atom. The number of benzene rings is 2. The molecule has 31 heavy (non-hydrogen) atoms. The highest BCUT2D eigenvalue weighted by atomic mass is 79.9. The van der Waals surface area contributed by atoms with Crippen LogP contribution in [0.3, 0.4) is 0 Å². The van der Waals surface area contributed by atoms with Crippen LogP contribution in [0.2, 0.25) is 0 Å². The lowest BCUT2D eigenvalue weighted by atomic mass is 10.1. The first-order valence-corrected chi connectivity index (χ1v) is 10.4. The Morgan fingerprint density at radius 1 is 1.16 bits per heavy atom. The molecule has 2 heterocycles. The van der Waals surface area contributed by atoms with Gasteiger partial charge in [-0.3, -0.25) is 14.5 Å². The molecule has 0 radical (unpaired) electrons. The highest BCUT2D eigenvalue weighted by molar-refractivity contribution is 9.10.